The van der Waals surface area contributed by atoms with Crippen molar-refractivity contribution in [2.24, 2.45) is 0 Å². The number of ether oxygens (including phenoxy) is 1. The van der Waals surface area contributed by atoms with Gasteiger partial charge in [0.15, 0.2) is 5.78 Å². The predicted octanol–water partition coefficient (Wildman–Crippen LogP) is 5.12. The Morgan fingerprint density at radius 1 is 1.19 bits per heavy atom. The van der Waals surface area contributed by atoms with Gasteiger partial charge in [-0.2, -0.15) is 0 Å². The molecule has 3 heteroatoms. The number of benzene rings is 2. The molecule has 0 fully saturated rings. The van der Waals surface area contributed by atoms with Crippen LogP contribution in [-0.4, -0.2) is 31.9 Å². The van der Waals surface area contributed by atoms with Gasteiger partial charge in [0.2, 0.25) is 0 Å². The maximum Gasteiger partial charge on any atom is 0.186 e. The second-order valence-corrected chi connectivity index (χ2v) is 7.48. The van der Waals surface area contributed by atoms with E-state index in [4.69, 9.17) is 4.74 Å². The lowest BCUT2D eigenvalue weighted by Gasteiger charge is -2.21. The van der Waals surface area contributed by atoms with Crippen LogP contribution in [0.4, 0.5) is 0 Å². The minimum absolute atomic E-state index is 0.0112. The van der Waals surface area contributed by atoms with Gasteiger partial charge in [-0.05, 0) is 49.5 Å². The zero-order valence-corrected chi connectivity index (χ0v) is 17.0. The molecule has 0 aromatic heterocycles. The van der Waals surface area contributed by atoms with Crippen molar-refractivity contribution in [3.63, 3.8) is 0 Å². The van der Waals surface area contributed by atoms with Gasteiger partial charge in [-0.3, -0.25) is 4.79 Å². The largest absolute Gasteiger partial charge is 0.496 e. The predicted molar refractivity (Wildman–Crippen MR) is 113 cm³/mol. The Labute approximate surface area is 163 Å². The number of carbonyl (C=O) groups excluding carboxylic acids is 1. The summed E-state index contributed by atoms with van der Waals surface area (Å²) in [5, 5.41) is 0. The molecule has 0 heterocycles. The highest BCUT2D eigenvalue weighted by Crippen LogP contribution is 2.30. The Kier molecular flexibility index (Phi) is 6.75. The SMILES string of the molecule is C=CC(C)(C)c1ccc(OC)c(C=CC(=O)c2ccccc2CN(C)C)c1. The van der Waals surface area contributed by atoms with Crippen molar-refractivity contribution in [2.75, 3.05) is 21.2 Å². The van der Waals surface area contributed by atoms with E-state index in [2.05, 4.69) is 31.4 Å². The van der Waals surface area contributed by atoms with Crippen LogP contribution in [0.15, 0.2) is 61.2 Å². The van der Waals surface area contributed by atoms with Crippen molar-refractivity contribution in [1.82, 2.24) is 4.90 Å². The molecule has 0 saturated carbocycles. The van der Waals surface area contributed by atoms with Crippen LogP contribution in [0.2, 0.25) is 0 Å². The first kappa shape index (κ1) is 20.7. The van der Waals surface area contributed by atoms with E-state index in [0.29, 0.717) is 0 Å². The minimum atomic E-state index is -0.156. The van der Waals surface area contributed by atoms with Gasteiger partial charge in [-0.1, -0.05) is 50.3 Å². The summed E-state index contributed by atoms with van der Waals surface area (Å²) in [4.78, 5) is 14.9. The van der Waals surface area contributed by atoms with Crippen LogP contribution in [0.1, 0.15) is 40.9 Å². The summed E-state index contributed by atoms with van der Waals surface area (Å²) in [7, 11) is 5.63. The lowest BCUT2D eigenvalue weighted by atomic mass is 9.84. The number of hydrogen-bond donors (Lipinski definition) is 0. The first-order valence-electron chi connectivity index (χ1n) is 9.05. The highest BCUT2D eigenvalue weighted by molar-refractivity contribution is 6.07. The highest BCUT2D eigenvalue weighted by atomic mass is 16.5. The Balaban J connectivity index is 2.36. The van der Waals surface area contributed by atoms with Crippen LogP contribution < -0.4 is 4.74 Å². The lowest BCUT2D eigenvalue weighted by molar-refractivity contribution is 0.104. The van der Waals surface area contributed by atoms with Gasteiger partial charge in [0, 0.05) is 23.1 Å². The smallest absolute Gasteiger partial charge is 0.186 e. The molecule has 0 unspecified atom stereocenters. The zero-order chi connectivity index (χ0) is 20.0. The number of rotatable bonds is 8. The van der Waals surface area contributed by atoms with Crippen molar-refractivity contribution in [2.45, 2.75) is 25.8 Å². The third-order valence-corrected chi connectivity index (χ3v) is 4.67. The van der Waals surface area contributed by atoms with Crippen molar-refractivity contribution in [1.29, 1.82) is 0 Å². The van der Waals surface area contributed by atoms with Crippen LogP contribution in [-0.2, 0) is 12.0 Å². The summed E-state index contributed by atoms with van der Waals surface area (Å²) >= 11 is 0. The molecule has 0 atom stereocenters. The van der Waals surface area contributed by atoms with Crippen molar-refractivity contribution >= 4 is 11.9 Å². The average molecular weight is 364 g/mol. The monoisotopic (exact) mass is 363 g/mol. The van der Waals surface area contributed by atoms with E-state index in [1.807, 2.05) is 62.6 Å². The van der Waals surface area contributed by atoms with Gasteiger partial charge in [0.1, 0.15) is 5.75 Å². The van der Waals surface area contributed by atoms with E-state index >= 15 is 0 Å². The summed E-state index contributed by atoms with van der Waals surface area (Å²) in [6, 6.07) is 13.7. The molecule has 3 nitrogen and oxygen atoms in total. The first-order valence-corrected chi connectivity index (χ1v) is 9.05. The third kappa shape index (κ3) is 5.18. The quantitative estimate of drug-likeness (QED) is 0.370. The van der Waals surface area contributed by atoms with E-state index in [1.54, 1.807) is 13.2 Å². The zero-order valence-electron chi connectivity index (χ0n) is 17.0. The van der Waals surface area contributed by atoms with E-state index in [9.17, 15) is 4.79 Å². The second-order valence-electron chi connectivity index (χ2n) is 7.48. The third-order valence-electron chi connectivity index (χ3n) is 4.67. The van der Waals surface area contributed by atoms with E-state index < -0.39 is 0 Å². The van der Waals surface area contributed by atoms with Crippen molar-refractivity contribution < 1.29 is 9.53 Å². The van der Waals surface area contributed by atoms with Gasteiger partial charge < -0.3 is 9.64 Å². The molecule has 2 aromatic rings. The number of methoxy groups -OCH3 is 1. The number of allylic oxidation sites excluding steroid dienone is 2. The van der Waals surface area contributed by atoms with Crippen LogP contribution in [0, 0.1) is 0 Å². The molecule has 0 radical (unpaired) electrons. The van der Waals surface area contributed by atoms with Crippen LogP contribution in [0.5, 0.6) is 5.75 Å². The molecule has 0 bridgehead atoms. The minimum Gasteiger partial charge on any atom is -0.496 e. The molecule has 0 N–H and O–H groups in total. The second kappa shape index (κ2) is 8.83. The molecule has 2 aromatic carbocycles. The van der Waals surface area contributed by atoms with Gasteiger partial charge in [-0.15, -0.1) is 6.58 Å². The van der Waals surface area contributed by atoms with Crippen molar-refractivity contribution in [3.8, 4) is 5.75 Å². The Hall–Kier alpha value is -2.65. The maximum absolute atomic E-state index is 12.8. The first-order chi connectivity index (χ1) is 12.8. The molecule has 0 aliphatic heterocycles. The fourth-order valence-electron chi connectivity index (χ4n) is 2.88. The van der Waals surface area contributed by atoms with Gasteiger partial charge in [-0.25, -0.2) is 0 Å². The van der Waals surface area contributed by atoms with Crippen LogP contribution in [0.3, 0.4) is 0 Å². The summed E-state index contributed by atoms with van der Waals surface area (Å²) in [6.07, 6.45) is 5.37. The Bertz CT molecular complexity index is 847. The fourth-order valence-corrected chi connectivity index (χ4v) is 2.88. The molecular weight excluding hydrogens is 334 g/mol. The Morgan fingerprint density at radius 2 is 1.89 bits per heavy atom. The van der Waals surface area contributed by atoms with E-state index in [0.717, 1.165) is 34.5 Å². The molecule has 0 aliphatic rings. The standard InChI is InChI=1S/C24H29NO2/c1-7-24(2,3)20-13-15-23(27-6)18(16-20)12-14-22(26)21-11-9-8-10-19(21)17-25(4)5/h7-16H,1,17H2,2-6H3. The molecule has 142 valence electrons. The van der Waals surface area contributed by atoms with Crippen LogP contribution >= 0.6 is 0 Å². The molecule has 0 spiro atoms. The number of nitrogens with zero attached hydrogens (tertiary/aromatic N) is 1. The molecule has 2 rings (SSSR count). The summed E-state index contributed by atoms with van der Waals surface area (Å²) in [5.74, 6) is 0.729. The maximum atomic E-state index is 12.8. The fraction of sp³-hybridized carbons (Fsp3) is 0.292. The number of carbonyl (C=O) groups is 1. The molecule has 0 aliphatic carbocycles. The summed E-state index contributed by atoms with van der Waals surface area (Å²) in [5.41, 5.74) is 3.59. The summed E-state index contributed by atoms with van der Waals surface area (Å²) < 4.78 is 5.47. The molecule has 0 amide bonds. The highest BCUT2D eigenvalue weighted by Gasteiger charge is 2.17. The summed E-state index contributed by atoms with van der Waals surface area (Å²) in [6.45, 7) is 8.86. The van der Waals surface area contributed by atoms with Crippen LogP contribution in [0.25, 0.3) is 6.08 Å². The van der Waals surface area contributed by atoms with Crippen molar-refractivity contribution in [3.05, 3.63) is 83.4 Å². The number of hydrogen-bond acceptors (Lipinski definition) is 3. The molecule has 27 heavy (non-hydrogen) atoms. The van der Waals surface area contributed by atoms with E-state index in [1.165, 1.54) is 0 Å². The topological polar surface area (TPSA) is 29.5 Å². The van der Waals surface area contributed by atoms with Gasteiger partial charge in [0.25, 0.3) is 0 Å². The normalized spacial score (nSPS) is 11.8. The lowest BCUT2D eigenvalue weighted by Crippen LogP contribution is -2.13. The van der Waals surface area contributed by atoms with Gasteiger partial charge in [0.05, 0.1) is 7.11 Å². The molecular formula is C24H29NO2. The van der Waals surface area contributed by atoms with Gasteiger partial charge >= 0.3 is 0 Å². The van der Waals surface area contributed by atoms with E-state index in [-0.39, 0.29) is 11.2 Å². The average Bonchev–Trinajstić information content (AvgIpc) is 2.65. The Morgan fingerprint density at radius 3 is 2.52 bits per heavy atom. The number of ketones is 1. The molecule has 0 saturated heterocycles.